The number of amides is 1. The number of fused-ring (bicyclic) bond motifs is 1. The van der Waals surface area contributed by atoms with Crippen molar-refractivity contribution in [2.24, 2.45) is 4.99 Å². The van der Waals surface area contributed by atoms with Gasteiger partial charge in [0.1, 0.15) is 11.4 Å². The van der Waals surface area contributed by atoms with Crippen LogP contribution in [-0.2, 0) is 0 Å². The fourth-order valence-electron chi connectivity index (χ4n) is 3.53. The number of aromatic nitrogens is 2. The molecule has 160 valence electrons. The molecule has 0 saturated carbocycles. The number of nitrogens with one attached hydrogen (secondary N) is 2. The zero-order valence-corrected chi connectivity index (χ0v) is 17.4. The van der Waals surface area contributed by atoms with Gasteiger partial charge < -0.3 is 15.2 Å². The number of carbonyl (C=O) groups is 1. The Morgan fingerprint density at radius 3 is 2.59 bits per heavy atom. The third-order valence-corrected chi connectivity index (χ3v) is 6.01. The molecule has 32 heavy (non-hydrogen) atoms. The van der Waals surface area contributed by atoms with Gasteiger partial charge in [-0.2, -0.15) is 0 Å². The summed E-state index contributed by atoms with van der Waals surface area (Å²) in [6.07, 6.45) is 1.07. The predicted molar refractivity (Wildman–Crippen MR) is 122 cm³/mol. The highest BCUT2D eigenvalue weighted by Crippen LogP contribution is 2.35. The number of aromatic amines is 1. The fraction of sp³-hybridized carbons (Fsp3) is 0.0909. The van der Waals surface area contributed by atoms with Gasteiger partial charge in [-0.15, -0.1) is 0 Å². The quantitative estimate of drug-likeness (QED) is 0.638. The monoisotopic (exact) mass is 449 g/mol. The van der Waals surface area contributed by atoms with E-state index >= 15 is 0 Å². The van der Waals surface area contributed by atoms with Gasteiger partial charge in [0.2, 0.25) is 0 Å². The van der Waals surface area contributed by atoms with E-state index in [9.17, 15) is 18.8 Å². The first kappa shape index (κ1) is 20.0. The van der Waals surface area contributed by atoms with Crippen molar-refractivity contribution >= 4 is 34.2 Å². The summed E-state index contributed by atoms with van der Waals surface area (Å²) >= 11 is 1.59. The van der Waals surface area contributed by atoms with Crippen molar-refractivity contribution in [2.45, 2.75) is 0 Å². The molecule has 0 aliphatic carbocycles. The Balaban J connectivity index is 1.38. The van der Waals surface area contributed by atoms with Crippen LogP contribution in [0.1, 0.15) is 15.9 Å². The second kappa shape index (κ2) is 7.97. The summed E-state index contributed by atoms with van der Waals surface area (Å²) in [6, 6.07) is 12.1. The molecule has 2 aliphatic rings. The van der Waals surface area contributed by atoms with Gasteiger partial charge in [-0.25, -0.2) is 13.8 Å². The van der Waals surface area contributed by atoms with Crippen LogP contribution in [0.2, 0.25) is 0 Å². The van der Waals surface area contributed by atoms with Gasteiger partial charge in [0.05, 0.1) is 17.9 Å². The van der Waals surface area contributed by atoms with Gasteiger partial charge in [-0.05, 0) is 42.0 Å². The molecule has 10 heteroatoms. The number of benzene rings is 2. The highest BCUT2D eigenvalue weighted by atomic mass is 32.2. The van der Waals surface area contributed by atoms with Crippen LogP contribution in [0.15, 0.2) is 74.7 Å². The maximum Gasteiger partial charge on any atom is 0.333 e. The number of nitrogens with zero attached hydrogens (tertiary/aromatic N) is 3. The first-order valence-electron chi connectivity index (χ1n) is 9.72. The number of halogens is 1. The van der Waals surface area contributed by atoms with E-state index in [1.54, 1.807) is 23.9 Å². The van der Waals surface area contributed by atoms with Crippen LogP contribution >= 0.6 is 11.8 Å². The molecule has 5 rings (SSSR count). The number of aliphatic imine (C=N–C) groups is 1. The average Bonchev–Trinajstić information content (AvgIpc) is 3.40. The van der Waals surface area contributed by atoms with E-state index in [4.69, 9.17) is 0 Å². The molecule has 0 saturated heterocycles. The molecule has 2 aliphatic heterocycles. The third kappa shape index (κ3) is 3.54. The molecule has 2 aromatic carbocycles. The minimum atomic E-state index is -0.802. The van der Waals surface area contributed by atoms with E-state index < -0.39 is 23.0 Å². The number of thioether (sulfide) groups is 1. The fourth-order valence-corrected chi connectivity index (χ4v) is 4.49. The van der Waals surface area contributed by atoms with Crippen LogP contribution in [0.4, 0.5) is 10.1 Å². The number of hydrogen-bond donors (Lipinski definition) is 2. The zero-order chi connectivity index (χ0) is 22.2. The van der Waals surface area contributed by atoms with Crippen molar-refractivity contribution in [3.8, 4) is 5.69 Å². The van der Waals surface area contributed by atoms with Gasteiger partial charge >= 0.3 is 5.69 Å². The van der Waals surface area contributed by atoms with Crippen molar-refractivity contribution in [1.29, 1.82) is 0 Å². The van der Waals surface area contributed by atoms with Crippen LogP contribution in [0.3, 0.4) is 0 Å². The minimum Gasteiger partial charge on any atom is -0.322 e. The normalized spacial score (nSPS) is 14.7. The van der Waals surface area contributed by atoms with Crippen molar-refractivity contribution < 1.29 is 9.18 Å². The molecule has 0 bridgehead atoms. The van der Waals surface area contributed by atoms with Crippen LogP contribution in [0, 0.1) is 5.82 Å². The Kier molecular flexibility index (Phi) is 4.98. The van der Waals surface area contributed by atoms with Crippen molar-refractivity contribution in [3.05, 3.63) is 97.9 Å². The van der Waals surface area contributed by atoms with E-state index in [0.29, 0.717) is 5.69 Å². The molecular formula is C22H16FN5O3S. The number of anilines is 1. The van der Waals surface area contributed by atoms with Crippen molar-refractivity contribution in [2.75, 3.05) is 18.4 Å². The Bertz CT molecular complexity index is 1390. The molecule has 8 nitrogen and oxygen atoms in total. The van der Waals surface area contributed by atoms with Crippen LogP contribution in [0.25, 0.3) is 11.4 Å². The number of rotatable bonds is 4. The standard InChI is InChI=1S/C22H16FN5O3S/c23-14-3-7-16(8-4-14)28-20(30)17(11-25-21(28)31)19(29)26-15-5-1-13(2-6-15)18-12-32-22-24-9-10-27(18)22/h1-8,11-12H,9-10H2,(H,25,31)(H,26,29). The lowest BCUT2D eigenvalue weighted by molar-refractivity contribution is 0.102. The number of hydrogen-bond acceptors (Lipinski definition) is 6. The smallest absolute Gasteiger partial charge is 0.322 e. The molecule has 2 N–H and O–H groups in total. The zero-order valence-electron chi connectivity index (χ0n) is 16.5. The highest BCUT2D eigenvalue weighted by molar-refractivity contribution is 8.16. The number of H-pyrrole nitrogens is 1. The second-order valence-corrected chi connectivity index (χ2v) is 7.93. The van der Waals surface area contributed by atoms with Crippen molar-refractivity contribution in [1.82, 2.24) is 14.5 Å². The van der Waals surface area contributed by atoms with E-state index in [1.165, 1.54) is 12.1 Å². The Morgan fingerprint density at radius 1 is 1.09 bits per heavy atom. The summed E-state index contributed by atoms with van der Waals surface area (Å²) < 4.78 is 14.0. The molecule has 0 radical (unpaired) electrons. The van der Waals surface area contributed by atoms with Crippen LogP contribution < -0.4 is 16.6 Å². The van der Waals surface area contributed by atoms with Gasteiger partial charge in [-0.3, -0.25) is 14.6 Å². The number of carbonyl (C=O) groups excluding carboxylic acids is 1. The van der Waals surface area contributed by atoms with Crippen molar-refractivity contribution in [3.63, 3.8) is 0 Å². The molecule has 3 heterocycles. The Hall–Kier alpha value is -3.92. The predicted octanol–water partition coefficient (Wildman–Crippen LogP) is 2.63. The molecular weight excluding hydrogens is 433 g/mol. The van der Waals surface area contributed by atoms with Crippen LogP contribution in [0.5, 0.6) is 0 Å². The third-order valence-electron chi connectivity index (χ3n) is 5.11. The van der Waals surface area contributed by atoms with Crippen LogP contribution in [-0.4, -0.2) is 38.6 Å². The van der Waals surface area contributed by atoms with E-state index in [2.05, 4.69) is 20.2 Å². The highest BCUT2D eigenvalue weighted by Gasteiger charge is 2.27. The summed E-state index contributed by atoms with van der Waals surface area (Å²) in [5, 5.41) is 5.71. The lowest BCUT2D eigenvalue weighted by atomic mass is 10.1. The topological polar surface area (TPSA) is 99.6 Å². The average molecular weight is 449 g/mol. The maximum absolute atomic E-state index is 13.2. The largest absolute Gasteiger partial charge is 0.333 e. The van der Waals surface area contributed by atoms with Gasteiger partial charge in [0.15, 0.2) is 5.17 Å². The number of amidine groups is 1. The molecule has 0 atom stereocenters. The summed E-state index contributed by atoms with van der Waals surface area (Å²) in [6.45, 7) is 1.63. The SMILES string of the molecule is O=C(Nc1ccc(C2=CSC3=NCCN23)cc1)c1c[nH]c(=O)n(-c2ccc(F)cc2)c1=O. The summed E-state index contributed by atoms with van der Waals surface area (Å²) in [5.74, 6) is -1.17. The molecule has 0 fully saturated rings. The molecule has 0 spiro atoms. The maximum atomic E-state index is 13.2. The van der Waals surface area contributed by atoms with E-state index in [-0.39, 0.29) is 11.3 Å². The van der Waals surface area contributed by atoms with E-state index in [0.717, 1.165) is 52.4 Å². The molecule has 0 unspecified atom stereocenters. The lowest BCUT2D eigenvalue weighted by Gasteiger charge is -2.16. The summed E-state index contributed by atoms with van der Waals surface area (Å²) in [5.41, 5.74) is 0.935. The first-order chi connectivity index (χ1) is 15.5. The second-order valence-electron chi connectivity index (χ2n) is 7.09. The molecule has 3 aromatic rings. The van der Waals surface area contributed by atoms with Gasteiger partial charge in [-0.1, -0.05) is 23.9 Å². The summed E-state index contributed by atoms with van der Waals surface area (Å²) in [4.78, 5) is 46.7. The minimum absolute atomic E-state index is 0.157. The Labute approximate surface area is 185 Å². The Morgan fingerprint density at radius 2 is 1.84 bits per heavy atom. The first-order valence-corrected chi connectivity index (χ1v) is 10.6. The van der Waals surface area contributed by atoms with Gasteiger partial charge in [0, 0.05) is 23.8 Å². The lowest BCUT2D eigenvalue weighted by Crippen LogP contribution is -2.38. The summed E-state index contributed by atoms with van der Waals surface area (Å²) in [7, 11) is 0. The molecule has 1 amide bonds. The van der Waals surface area contributed by atoms with Gasteiger partial charge in [0.25, 0.3) is 11.5 Å². The van der Waals surface area contributed by atoms with E-state index in [1.807, 2.05) is 17.5 Å². The molecule has 1 aromatic heterocycles.